The number of carbonyl (C=O) groups excluding carboxylic acids is 1. The van der Waals surface area contributed by atoms with Crippen molar-refractivity contribution in [2.45, 2.75) is 13.5 Å². The fourth-order valence-electron chi connectivity index (χ4n) is 2.37. The molecule has 0 spiro atoms. The van der Waals surface area contributed by atoms with E-state index < -0.39 is 0 Å². The average molecular weight is 343 g/mol. The molecule has 0 aliphatic carbocycles. The van der Waals surface area contributed by atoms with Crippen LogP contribution >= 0.6 is 11.3 Å². The van der Waals surface area contributed by atoms with Gasteiger partial charge in [-0.25, -0.2) is 4.98 Å². The second-order valence-corrected chi connectivity index (χ2v) is 6.18. The highest BCUT2D eigenvalue weighted by atomic mass is 32.1. The Morgan fingerprint density at radius 2 is 2.04 bits per heavy atom. The lowest BCUT2D eigenvalue weighted by Crippen LogP contribution is -2.28. The summed E-state index contributed by atoms with van der Waals surface area (Å²) in [6.45, 7) is 2.72. The van der Waals surface area contributed by atoms with Crippen LogP contribution in [-0.4, -0.2) is 34.4 Å². The largest absolute Gasteiger partial charge is 0.494 e. The Balaban J connectivity index is 1.76. The molecule has 3 rings (SSSR count). The molecule has 0 unspecified atom stereocenters. The van der Waals surface area contributed by atoms with Gasteiger partial charge in [0.05, 0.1) is 18.7 Å². The third-order valence-electron chi connectivity index (χ3n) is 3.51. The average Bonchev–Trinajstić information content (AvgIpc) is 3.04. The molecule has 0 aliphatic rings. The number of H-pyrrole nitrogens is 1. The number of benzene rings is 1. The lowest BCUT2D eigenvalue weighted by atomic mass is 10.2. The maximum atomic E-state index is 12.5. The van der Waals surface area contributed by atoms with E-state index in [1.54, 1.807) is 37.4 Å². The molecule has 0 atom stereocenters. The molecule has 1 aromatic carbocycles. The molecule has 6 nitrogen and oxygen atoms in total. The van der Waals surface area contributed by atoms with E-state index in [0.29, 0.717) is 28.2 Å². The minimum absolute atomic E-state index is 0.147. The van der Waals surface area contributed by atoms with Crippen LogP contribution in [0, 0.1) is 0 Å². The van der Waals surface area contributed by atoms with Gasteiger partial charge in [0.25, 0.3) is 11.5 Å². The van der Waals surface area contributed by atoms with Crippen molar-refractivity contribution in [2.75, 3.05) is 13.7 Å². The first-order valence-corrected chi connectivity index (χ1v) is 8.41. The van der Waals surface area contributed by atoms with Crippen LogP contribution in [-0.2, 0) is 6.54 Å². The lowest BCUT2D eigenvalue weighted by molar-refractivity contribution is 0.0781. The zero-order valence-corrected chi connectivity index (χ0v) is 14.2. The number of aromatic amines is 1. The molecule has 24 heavy (non-hydrogen) atoms. The van der Waals surface area contributed by atoms with Crippen molar-refractivity contribution in [1.82, 2.24) is 14.9 Å². The monoisotopic (exact) mass is 343 g/mol. The van der Waals surface area contributed by atoms with E-state index in [-0.39, 0.29) is 18.0 Å². The maximum absolute atomic E-state index is 12.5. The van der Waals surface area contributed by atoms with Crippen molar-refractivity contribution in [3.05, 3.63) is 57.5 Å². The van der Waals surface area contributed by atoms with Crippen molar-refractivity contribution < 1.29 is 9.53 Å². The summed E-state index contributed by atoms with van der Waals surface area (Å²) < 4.78 is 5.97. The van der Waals surface area contributed by atoms with Crippen LogP contribution in [0.25, 0.3) is 10.2 Å². The first-order chi connectivity index (χ1) is 11.6. The molecule has 2 aromatic heterocycles. The highest BCUT2D eigenvalue weighted by molar-refractivity contribution is 7.17. The predicted molar refractivity (Wildman–Crippen MR) is 93.6 cm³/mol. The number of nitrogens with zero attached hydrogens (tertiary/aromatic N) is 2. The number of thiophene rings is 1. The van der Waals surface area contributed by atoms with Crippen molar-refractivity contribution >= 4 is 27.5 Å². The second-order valence-electron chi connectivity index (χ2n) is 5.27. The number of aromatic nitrogens is 2. The summed E-state index contributed by atoms with van der Waals surface area (Å²) in [6.07, 6.45) is 0. The van der Waals surface area contributed by atoms with E-state index in [0.717, 1.165) is 5.75 Å². The second kappa shape index (κ2) is 6.84. The molecule has 1 N–H and O–H groups in total. The van der Waals surface area contributed by atoms with Crippen LogP contribution in [0.4, 0.5) is 0 Å². The summed E-state index contributed by atoms with van der Waals surface area (Å²) in [4.78, 5) is 33.1. The topological polar surface area (TPSA) is 75.3 Å². The quantitative estimate of drug-likeness (QED) is 0.773. The van der Waals surface area contributed by atoms with E-state index in [1.807, 2.05) is 12.3 Å². The minimum Gasteiger partial charge on any atom is -0.494 e. The van der Waals surface area contributed by atoms with Gasteiger partial charge in [0.1, 0.15) is 16.3 Å². The molecule has 3 aromatic rings. The van der Waals surface area contributed by atoms with Gasteiger partial charge in [-0.15, -0.1) is 11.3 Å². The Morgan fingerprint density at radius 3 is 2.75 bits per heavy atom. The number of rotatable bonds is 5. The van der Waals surface area contributed by atoms with Crippen LogP contribution in [0.2, 0.25) is 0 Å². The SMILES string of the molecule is CCOc1ccc(C(=O)N(C)Cc2nc3ccsc3c(=O)[nH]2)cc1. The Bertz CT molecular complexity index is 915. The van der Waals surface area contributed by atoms with E-state index >= 15 is 0 Å². The van der Waals surface area contributed by atoms with Crippen molar-refractivity contribution in [2.24, 2.45) is 0 Å². The molecule has 1 amide bonds. The van der Waals surface area contributed by atoms with Crippen molar-refractivity contribution in [3.63, 3.8) is 0 Å². The molecule has 0 aliphatic heterocycles. The number of ether oxygens (including phenoxy) is 1. The fourth-order valence-corrected chi connectivity index (χ4v) is 3.10. The number of amides is 1. The van der Waals surface area contributed by atoms with E-state index in [9.17, 15) is 9.59 Å². The standard InChI is InChI=1S/C17H17N3O3S/c1-3-23-12-6-4-11(5-7-12)17(22)20(2)10-14-18-13-8-9-24-15(13)16(21)19-14/h4-9H,3,10H2,1-2H3,(H,18,19,21). The summed E-state index contributed by atoms with van der Waals surface area (Å²) in [5, 5.41) is 1.82. The maximum Gasteiger partial charge on any atom is 0.268 e. The molecule has 0 fully saturated rings. The Labute approximate surface area is 142 Å². The fraction of sp³-hybridized carbons (Fsp3) is 0.235. The predicted octanol–water partition coefficient (Wildman–Crippen LogP) is 2.66. The first-order valence-electron chi connectivity index (χ1n) is 7.53. The van der Waals surface area contributed by atoms with Gasteiger partial charge in [0, 0.05) is 12.6 Å². The van der Waals surface area contributed by atoms with Crippen LogP contribution in [0.1, 0.15) is 23.1 Å². The minimum atomic E-state index is -0.174. The Morgan fingerprint density at radius 1 is 1.29 bits per heavy atom. The molecular weight excluding hydrogens is 326 g/mol. The van der Waals surface area contributed by atoms with Crippen LogP contribution in [0.15, 0.2) is 40.5 Å². The van der Waals surface area contributed by atoms with Gasteiger partial charge in [-0.05, 0) is 42.6 Å². The molecule has 124 valence electrons. The summed E-state index contributed by atoms with van der Waals surface area (Å²) >= 11 is 1.35. The number of hydrogen-bond acceptors (Lipinski definition) is 5. The van der Waals surface area contributed by atoms with Crippen LogP contribution < -0.4 is 10.3 Å². The number of carbonyl (C=O) groups is 1. The lowest BCUT2D eigenvalue weighted by Gasteiger charge is -2.16. The molecular formula is C17H17N3O3S. The zero-order chi connectivity index (χ0) is 17.1. The number of hydrogen-bond donors (Lipinski definition) is 1. The van der Waals surface area contributed by atoms with Crippen LogP contribution in [0.3, 0.4) is 0 Å². The van der Waals surface area contributed by atoms with Crippen LogP contribution in [0.5, 0.6) is 5.75 Å². The van der Waals surface area contributed by atoms with E-state index in [4.69, 9.17) is 4.74 Å². The van der Waals surface area contributed by atoms with Crippen molar-refractivity contribution in [3.8, 4) is 5.75 Å². The van der Waals surface area contributed by atoms with Gasteiger partial charge < -0.3 is 14.6 Å². The molecule has 0 radical (unpaired) electrons. The highest BCUT2D eigenvalue weighted by Crippen LogP contribution is 2.16. The van der Waals surface area contributed by atoms with Gasteiger partial charge in [-0.3, -0.25) is 9.59 Å². The zero-order valence-electron chi connectivity index (χ0n) is 13.4. The molecule has 7 heteroatoms. The Kier molecular flexibility index (Phi) is 4.61. The van der Waals surface area contributed by atoms with Gasteiger partial charge in [0.2, 0.25) is 0 Å². The van der Waals surface area contributed by atoms with Gasteiger partial charge in [-0.1, -0.05) is 0 Å². The smallest absolute Gasteiger partial charge is 0.268 e. The van der Waals surface area contributed by atoms with Gasteiger partial charge in [0.15, 0.2) is 0 Å². The molecule has 2 heterocycles. The van der Waals surface area contributed by atoms with E-state index in [1.165, 1.54) is 16.2 Å². The molecule has 0 bridgehead atoms. The first kappa shape index (κ1) is 16.2. The third-order valence-corrected chi connectivity index (χ3v) is 4.41. The summed E-state index contributed by atoms with van der Waals surface area (Å²) in [5.41, 5.74) is 1.03. The number of fused-ring (bicyclic) bond motifs is 1. The van der Waals surface area contributed by atoms with Crippen molar-refractivity contribution in [1.29, 1.82) is 0 Å². The normalized spacial score (nSPS) is 10.8. The highest BCUT2D eigenvalue weighted by Gasteiger charge is 2.14. The molecule has 0 saturated carbocycles. The number of nitrogens with one attached hydrogen (secondary N) is 1. The van der Waals surface area contributed by atoms with Gasteiger partial charge >= 0.3 is 0 Å². The molecule has 0 saturated heterocycles. The Hall–Kier alpha value is -2.67. The summed E-state index contributed by atoms with van der Waals surface area (Å²) in [6, 6.07) is 8.78. The van der Waals surface area contributed by atoms with Gasteiger partial charge in [-0.2, -0.15) is 0 Å². The summed E-state index contributed by atoms with van der Waals surface area (Å²) in [7, 11) is 1.68. The van der Waals surface area contributed by atoms with E-state index in [2.05, 4.69) is 9.97 Å². The summed E-state index contributed by atoms with van der Waals surface area (Å²) in [5.74, 6) is 1.05. The third kappa shape index (κ3) is 3.30.